The molecule has 0 aromatic carbocycles. The topological polar surface area (TPSA) is 407 Å². The van der Waals surface area contributed by atoms with Crippen molar-refractivity contribution in [3.05, 3.63) is 0 Å². The minimum absolute atomic E-state index is 0.528. The van der Waals surface area contributed by atoms with Crippen LogP contribution in [0, 0.1) is 0 Å². The lowest BCUT2D eigenvalue weighted by Gasteiger charge is -2.48. The minimum Gasteiger partial charge on any atom is -0.394 e. The lowest BCUT2D eigenvalue weighted by atomic mass is 9.96. The van der Waals surface area contributed by atoms with Crippen LogP contribution in [0.2, 0.25) is 0 Å². The zero-order chi connectivity index (χ0) is 40.5. The maximum atomic E-state index is 11.1. The Kier molecular flexibility index (Phi) is 15.9. The monoisotopic (exact) mass is 812 g/mol. The molecule has 0 amide bonds. The fourth-order valence-electron chi connectivity index (χ4n) is 6.82. The van der Waals surface area contributed by atoms with E-state index in [0.29, 0.717) is 0 Å². The molecule has 0 aromatic heterocycles. The molecule has 5 heterocycles. The molecule has 5 rings (SSSR count). The van der Waals surface area contributed by atoms with Gasteiger partial charge in [-0.1, -0.05) is 0 Å². The zero-order valence-corrected chi connectivity index (χ0v) is 28.9. The van der Waals surface area contributed by atoms with Gasteiger partial charge in [0, 0.05) is 0 Å². The molecule has 0 aliphatic carbocycles. The van der Waals surface area contributed by atoms with Crippen LogP contribution in [0.25, 0.3) is 0 Å². The predicted molar refractivity (Wildman–Crippen MR) is 165 cm³/mol. The number of hydrogen-bond acceptors (Lipinski definition) is 25. The third kappa shape index (κ3) is 9.42. The third-order valence-corrected chi connectivity index (χ3v) is 10.2. The second-order valence-corrected chi connectivity index (χ2v) is 13.9. The molecule has 0 aromatic rings. The first-order valence-electron chi connectivity index (χ1n) is 17.5. The lowest BCUT2D eigenvalue weighted by Crippen LogP contribution is -2.67. The minimum atomic E-state index is -2.02. The average molecular weight is 813 g/mol. The van der Waals surface area contributed by atoms with Crippen molar-refractivity contribution < 1.29 is 124 Å². The lowest BCUT2D eigenvalue weighted by molar-refractivity contribution is -0.395. The van der Waals surface area contributed by atoms with E-state index in [2.05, 4.69) is 0 Å². The van der Waals surface area contributed by atoms with E-state index >= 15 is 0 Å². The Hall–Kier alpha value is -1.00. The van der Waals surface area contributed by atoms with Crippen LogP contribution in [-0.4, -0.2) is 269 Å². The number of hydrogen-bond donors (Lipinski definition) is 16. The zero-order valence-electron chi connectivity index (χ0n) is 28.9. The van der Waals surface area contributed by atoms with E-state index in [1.165, 1.54) is 0 Å². The van der Waals surface area contributed by atoms with Gasteiger partial charge in [-0.2, -0.15) is 0 Å². The van der Waals surface area contributed by atoms with Crippen LogP contribution in [0.15, 0.2) is 0 Å². The second kappa shape index (κ2) is 19.4. The Bertz CT molecular complexity index is 1170. The van der Waals surface area contributed by atoms with E-state index < -0.39 is 187 Å². The molecule has 16 N–H and O–H groups in total. The number of aliphatic hydroxyl groups is 16. The maximum Gasteiger partial charge on any atom is 0.187 e. The molecule has 0 saturated carbocycles. The molecule has 0 unspecified atom stereocenters. The van der Waals surface area contributed by atoms with Crippen molar-refractivity contribution in [1.82, 2.24) is 0 Å². The van der Waals surface area contributed by atoms with E-state index in [1.54, 1.807) is 0 Å². The van der Waals surface area contributed by atoms with Crippen molar-refractivity contribution in [2.75, 3.05) is 39.6 Å². The van der Waals surface area contributed by atoms with Gasteiger partial charge in [-0.3, -0.25) is 0 Å². The van der Waals surface area contributed by atoms with E-state index in [0.717, 1.165) is 0 Å². The first-order valence-corrected chi connectivity index (χ1v) is 17.5. The molecule has 0 radical (unpaired) electrons. The van der Waals surface area contributed by atoms with E-state index in [9.17, 15) is 81.7 Å². The third-order valence-electron chi connectivity index (χ3n) is 10.2. The normalized spacial score (nSPS) is 52.4. The smallest absolute Gasteiger partial charge is 0.187 e. The first kappa shape index (κ1) is 45.1. The van der Waals surface area contributed by atoms with Crippen LogP contribution in [0.5, 0.6) is 0 Å². The van der Waals surface area contributed by atoms with E-state index in [-0.39, 0.29) is 0 Å². The van der Waals surface area contributed by atoms with Crippen LogP contribution in [0.3, 0.4) is 0 Å². The van der Waals surface area contributed by atoms with Gasteiger partial charge in [-0.25, -0.2) is 0 Å². The average Bonchev–Trinajstić information content (AvgIpc) is 3.46. The van der Waals surface area contributed by atoms with E-state index in [1.807, 2.05) is 0 Å². The number of aliphatic hydroxyl groups excluding tert-OH is 16. The first-order chi connectivity index (χ1) is 26.1. The van der Waals surface area contributed by atoms with Gasteiger partial charge in [-0.05, 0) is 0 Å². The molecule has 5 fully saturated rings. The van der Waals surface area contributed by atoms with Gasteiger partial charge in [-0.15, -0.1) is 0 Å². The summed E-state index contributed by atoms with van der Waals surface area (Å²) in [5.74, 6) is 0. The molecule has 25 nitrogen and oxygen atoms in total. The Morgan fingerprint density at radius 3 is 1.11 bits per heavy atom. The Balaban J connectivity index is 1.31. The Labute approximate surface area is 311 Å². The van der Waals surface area contributed by atoms with Crippen molar-refractivity contribution in [2.24, 2.45) is 0 Å². The van der Waals surface area contributed by atoms with Crippen LogP contribution in [0.1, 0.15) is 0 Å². The van der Waals surface area contributed by atoms with Gasteiger partial charge < -0.3 is 124 Å². The molecule has 55 heavy (non-hydrogen) atoms. The summed E-state index contributed by atoms with van der Waals surface area (Å²) in [6.07, 6.45) is -41.8. The van der Waals surface area contributed by atoms with Crippen molar-refractivity contribution in [1.29, 1.82) is 0 Å². The predicted octanol–water partition coefficient (Wildman–Crippen LogP) is -11.2. The van der Waals surface area contributed by atoms with Gasteiger partial charge in [0.1, 0.15) is 122 Å². The Morgan fingerprint density at radius 1 is 0.291 bits per heavy atom. The van der Waals surface area contributed by atoms with Crippen molar-refractivity contribution in [2.45, 2.75) is 147 Å². The second-order valence-electron chi connectivity index (χ2n) is 13.9. The summed E-state index contributed by atoms with van der Waals surface area (Å²) in [5.41, 5.74) is 0. The van der Waals surface area contributed by atoms with Gasteiger partial charge in [0.2, 0.25) is 0 Å². The highest BCUT2D eigenvalue weighted by atomic mass is 16.8. The molecule has 322 valence electrons. The molecular formula is C30H52O25. The van der Waals surface area contributed by atoms with Crippen LogP contribution < -0.4 is 0 Å². The molecule has 5 saturated heterocycles. The molecule has 24 atom stereocenters. The highest BCUT2D eigenvalue weighted by Gasteiger charge is 2.55. The van der Waals surface area contributed by atoms with E-state index in [4.69, 9.17) is 42.6 Å². The highest BCUT2D eigenvalue weighted by Crippen LogP contribution is 2.34. The summed E-state index contributed by atoms with van der Waals surface area (Å²) in [5, 5.41) is 165. The van der Waals surface area contributed by atoms with Gasteiger partial charge in [0.25, 0.3) is 0 Å². The molecule has 25 heteroatoms. The standard InChI is InChI=1S/C30H52O25/c31-1-7-13(35)17(39)11(49-7)5-47-27-23(45)20(42)18(40)12(53-27)6-48-29-25(21(43)15(37)9(3-33)51-29)55-30-26(22(44)16(38)10(4-34)52-30)54-28-24(46)19(41)14(36)8(2-32)50-28/h7-46H,1-6H2/t7-,8-,9-,10-,11-,12-,13-,14-,15-,16-,17-,18-,19+,20+,21+,22+,23+,24+,25+,26+,27+,28-,29+,30-/m1/s1. The molecule has 0 spiro atoms. The Morgan fingerprint density at radius 2 is 0.600 bits per heavy atom. The summed E-state index contributed by atoms with van der Waals surface area (Å²) in [4.78, 5) is 0. The number of ether oxygens (including phenoxy) is 9. The molecule has 5 aliphatic heterocycles. The van der Waals surface area contributed by atoms with Crippen LogP contribution in [-0.2, 0) is 42.6 Å². The summed E-state index contributed by atoms with van der Waals surface area (Å²) >= 11 is 0. The van der Waals surface area contributed by atoms with Crippen molar-refractivity contribution in [3.8, 4) is 0 Å². The largest absolute Gasteiger partial charge is 0.394 e. The molecular weight excluding hydrogens is 760 g/mol. The van der Waals surface area contributed by atoms with Crippen LogP contribution in [0.4, 0.5) is 0 Å². The fraction of sp³-hybridized carbons (Fsp3) is 1.00. The van der Waals surface area contributed by atoms with Crippen LogP contribution >= 0.6 is 0 Å². The molecule has 0 bridgehead atoms. The SMILES string of the molecule is OC[C@H]1O[C@H](O[C@@H]2[C@@H](O[C@@H]3[C@@H](OC[C@H]4O[C@H](OC[C@H]5O[C@H](CO)[C@@H](O)[C@@H]5O)[C@@H](O)[C@@H](O)[C@@H]4O)O[C@H](CO)[C@@H](O)[C@@H]3O)O[C@H](CO)[C@@H](O)[C@@H]2O)[C@@H](O)[C@@H](O)[C@@H]1O. The summed E-state index contributed by atoms with van der Waals surface area (Å²) in [6.45, 7) is -4.56. The molecule has 5 aliphatic rings. The highest BCUT2D eigenvalue weighted by molar-refractivity contribution is 4.97. The van der Waals surface area contributed by atoms with Crippen molar-refractivity contribution in [3.63, 3.8) is 0 Å². The van der Waals surface area contributed by atoms with Gasteiger partial charge >= 0.3 is 0 Å². The number of rotatable bonds is 14. The summed E-state index contributed by atoms with van der Waals surface area (Å²) < 4.78 is 50.1. The van der Waals surface area contributed by atoms with Gasteiger partial charge in [0.15, 0.2) is 25.2 Å². The van der Waals surface area contributed by atoms with Crippen molar-refractivity contribution >= 4 is 0 Å². The summed E-state index contributed by atoms with van der Waals surface area (Å²) in [7, 11) is 0. The quantitative estimate of drug-likeness (QED) is 0.0774. The maximum absolute atomic E-state index is 11.1. The van der Waals surface area contributed by atoms with Gasteiger partial charge in [0.05, 0.1) is 39.6 Å². The summed E-state index contributed by atoms with van der Waals surface area (Å²) in [6, 6.07) is 0. The fourth-order valence-corrected chi connectivity index (χ4v) is 6.82.